The van der Waals surface area contributed by atoms with E-state index in [4.69, 9.17) is 0 Å². The van der Waals surface area contributed by atoms with E-state index in [-0.39, 0.29) is 11.5 Å². The maximum Gasteiger partial charge on any atom is 0.269 e. The number of nitrogens with zero attached hydrogens (tertiary/aromatic N) is 2. The van der Waals surface area contributed by atoms with E-state index in [2.05, 4.69) is 5.32 Å². The minimum atomic E-state index is -1.11. The van der Waals surface area contributed by atoms with E-state index in [0.29, 0.717) is 16.8 Å². The zero-order chi connectivity index (χ0) is 16.4. The van der Waals surface area contributed by atoms with Gasteiger partial charge in [-0.05, 0) is 19.4 Å². The van der Waals surface area contributed by atoms with Gasteiger partial charge in [0.05, 0.1) is 11.0 Å². The standard InChI is InChI=1S/C15H13N3O4/c1-8-13(9(2)19)14(12(7-16)15(20)17-8)10-4-3-5-11(6-10)18(21)22/h3-6,12,14H,1-2H3,(H,17,20)/t12-,14-/m1/s1. The van der Waals surface area contributed by atoms with Gasteiger partial charge in [0, 0.05) is 29.3 Å². The number of carbonyl (C=O) groups is 2. The van der Waals surface area contributed by atoms with E-state index < -0.39 is 22.7 Å². The average Bonchev–Trinajstić information content (AvgIpc) is 2.46. The van der Waals surface area contributed by atoms with Gasteiger partial charge in [0.1, 0.15) is 5.92 Å². The average molecular weight is 299 g/mol. The molecule has 0 bridgehead atoms. The number of amides is 1. The summed E-state index contributed by atoms with van der Waals surface area (Å²) in [6.45, 7) is 2.92. The molecule has 1 heterocycles. The van der Waals surface area contributed by atoms with Crippen molar-refractivity contribution in [3.05, 3.63) is 51.2 Å². The second-order valence-corrected chi connectivity index (χ2v) is 5.02. The molecular weight excluding hydrogens is 286 g/mol. The highest BCUT2D eigenvalue weighted by Crippen LogP contribution is 2.38. The van der Waals surface area contributed by atoms with E-state index >= 15 is 0 Å². The van der Waals surface area contributed by atoms with Crippen molar-refractivity contribution in [2.45, 2.75) is 19.8 Å². The van der Waals surface area contributed by atoms with Gasteiger partial charge < -0.3 is 5.32 Å². The lowest BCUT2D eigenvalue weighted by Crippen LogP contribution is -2.40. The summed E-state index contributed by atoms with van der Waals surface area (Å²) < 4.78 is 0. The molecule has 0 fully saturated rings. The minimum Gasteiger partial charge on any atom is -0.328 e. The summed E-state index contributed by atoms with van der Waals surface area (Å²) in [6, 6.07) is 7.55. The van der Waals surface area contributed by atoms with Crippen LogP contribution in [-0.2, 0) is 9.59 Å². The Morgan fingerprint density at radius 3 is 2.68 bits per heavy atom. The first kappa shape index (κ1) is 15.4. The number of carbonyl (C=O) groups excluding carboxylic acids is 2. The molecular formula is C15H13N3O4. The number of rotatable bonds is 3. The van der Waals surface area contributed by atoms with Crippen molar-refractivity contribution in [2.24, 2.45) is 5.92 Å². The van der Waals surface area contributed by atoms with Crippen molar-refractivity contribution in [3.63, 3.8) is 0 Å². The lowest BCUT2D eigenvalue weighted by Gasteiger charge is -2.30. The van der Waals surface area contributed by atoms with Crippen LogP contribution in [0.4, 0.5) is 5.69 Å². The van der Waals surface area contributed by atoms with Crippen LogP contribution >= 0.6 is 0 Å². The molecule has 0 spiro atoms. The summed E-state index contributed by atoms with van der Waals surface area (Å²) in [5, 5.41) is 22.7. The van der Waals surface area contributed by atoms with Crippen LogP contribution in [0.25, 0.3) is 0 Å². The predicted octanol–water partition coefficient (Wildman–Crippen LogP) is 1.81. The normalized spacial score (nSPS) is 21.0. The van der Waals surface area contributed by atoms with E-state index in [1.54, 1.807) is 13.0 Å². The first-order chi connectivity index (χ1) is 10.4. The first-order valence-corrected chi connectivity index (χ1v) is 6.53. The number of hydrogen-bond donors (Lipinski definition) is 1. The van der Waals surface area contributed by atoms with Crippen LogP contribution in [0.3, 0.4) is 0 Å². The zero-order valence-corrected chi connectivity index (χ0v) is 12.0. The molecule has 0 aliphatic carbocycles. The Morgan fingerprint density at radius 1 is 1.45 bits per heavy atom. The SMILES string of the molecule is CC(=O)C1=C(C)NC(=O)[C@H](C#N)[C@H]1c1cccc([N+](=O)[O-])c1. The highest BCUT2D eigenvalue weighted by atomic mass is 16.6. The van der Waals surface area contributed by atoms with Crippen molar-refractivity contribution in [1.82, 2.24) is 5.32 Å². The molecule has 0 unspecified atom stereocenters. The molecule has 1 aliphatic heterocycles. The van der Waals surface area contributed by atoms with Gasteiger partial charge in [-0.1, -0.05) is 12.1 Å². The van der Waals surface area contributed by atoms with Crippen LogP contribution in [-0.4, -0.2) is 16.6 Å². The molecule has 112 valence electrons. The van der Waals surface area contributed by atoms with Crippen molar-refractivity contribution in [1.29, 1.82) is 5.26 Å². The van der Waals surface area contributed by atoms with E-state index in [0.717, 1.165) is 0 Å². The van der Waals surface area contributed by atoms with Crippen LogP contribution in [0.5, 0.6) is 0 Å². The summed E-state index contributed by atoms with van der Waals surface area (Å²) in [5.74, 6) is -2.71. The summed E-state index contributed by atoms with van der Waals surface area (Å²) in [4.78, 5) is 34.3. The molecule has 1 aliphatic rings. The molecule has 0 radical (unpaired) electrons. The maximum absolute atomic E-state index is 12.0. The number of non-ortho nitro benzene ring substituents is 1. The molecule has 1 N–H and O–H groups in total. The number of nitro groups is 1. The lowest BCUT2D eigenvalue weighted by atomic mass is 9.76. The Morgan fingerprint density at radius 2 is 2.14 bits per heavy atom. The molecule has 22 heavy (non-hydrogen) atoms. The Hall–Kier alpha value is -3.01. The number of benzene rings is 1. The molecule has 0 saturated heterocycles. The second-order valence-electron chi connectivity index (χ2n) is 5.02. The van der Waals surface area contributed by atoms with Crippen molar-refractivity contribution in [2.75, 3.05) is 0 Å². The van der Waals surface area contributed by atoms with E-state index in [1.807, 2.05) is 6.07 Å². The van der Waals surface area contributed by atoms with Crippen molar-refractivity contribution < 1.29 is 14.5 Å². The van der Waals surface area contributed by atoms with Gasteiger partial charge in [-0.25, -0.2) is 0 Å². The molecule has 1 amide bonds. The monoisotopic (exact) mass is 299 g/mol. The Bertz CT molecular complexity index is 745. The molecule has 2 rings (SSSR count). The summed E-state index contributed by atoms with van der Waals surface area (Å²) in [6.07, 6.45) is 0. The maximum atomic E-state index is 12.0. The predicted molar refractivity (Wildman–Crippen MR) is 76.5 cm³/mol. The van der Waals surface area contributed by atoms with Gasteiger partial charge in [0.15, 0.2) is 5.78 Å². The Labute approximate surface area is 126 Å². The highest BCUT2D eigenvalue weighted by Gasteiger charge is 2.39. The van der Waals surface area contributed by atoms with Crippen LogP contribution in [0, 0.1) is 27.4 Å². The third-order valence-corrected chi connectivity index (χ3v) is 3.60. The largest absolute Gasteiger partial charge is 0.328 e. The summed E-state index contributed by atoms with van der Waals surface area (Å²) in [7, 11) is 0. The van der Waals surface area contributed by atoms with E-state index in [9.17, 15) is 25.0 Å². The van der Waals surface area contributed by atoms with Gasteiger partial charge in [-0.15, -0.1) is 0 Å². The van der Waals surface area contributed by atoms with Crippen LogP contribution in [0.1, 0.15) is 25.3 Å². The van der Waals surface area contributed by atoms with Crippen LogP contribution < -0.4 is 5.32 Å². The first-order valence-electron chi connectivity index (χ1n) is 6.53. The molecule has 1 aromatic carbocycles. The number of ketones is 1. The molecule has 7 heteroatoms. The fourth-order valence-electron chi connectivity index (χ4n) is 2.69. The number of hydrogen-bond acceptors (Lipinski definition) is 5. The molecule has 0 saturated carbocycles. The molecule has 7 nitrogen and oxygen atoms in total. The quantitative estimate of drug-likeness (QED) is 0.675. The van der Waals surface area contributed by atoms with Crippen LogP contribution in [0.15, 0.2) is 35.5 Å². The fourth-order valence-corrected chi connectivity index (χ4v) is 2.69. The fraction of sp³-hybridized carbons (Fsp3) is 0.267. The Balaban J connectivity index is 2.66. The topological polar surface area (TPSA) is 113 Å². The minimum absolute atomic E-state index is 0.152. The third-order valence-electron chi connectivity index (χ3n) is 3.60. The van der Waals surface area contributed by atoms with Gasteiger partial charge in [-0.3, -0.25) is 19.7 Å². The van der Waals surface area contributed by atoms with Crippen molar-refractivity contribution >= 4 is 17.4 Å². The molecule has 2 atom stereocenters. The summed E-state index contributed by atoms with van der Waals surface area (Å²) >= 11 is 0. The number of nitriles is 1. The van der Waals surface area contributed by atoms with Crippen molar-refractivity contribution in [3.8, 4) is 6.07 Å². The molecule has 0 aromatic heterocycles. The number of allylic oxidation sites excluding steroid dienone is 2. The van der Waals surface area contributed by atoms with Gasteiger partial charge in [-0.2, -0.15) is 5.26 Å². The summed E-state index contributed by atoms with van der Waals surface area (Å²) in [5.41, 5.74) is 0.924. The third kappa shape index (κ3) is 2.59. The second kappa shape index (κ2) is 5.77. The zero-order valence-electron chi connectivity index (χ0n) is 12.0. The highest BCUT2D eigenvalue weighted by molar-refractivity contribution is 6.00. The Kier molecular flexibility index (Phi) is 4.04. The lowest BCUT2D eigenvalue weighted by molar-refractivity contribution is -0.384. The van der Waals surface area contributed by atoms with Gasteiger partial charge >= 0.3 is 0 Å². The van der Waals surface area contributed by atoms with Gasteiger partial charge in [0.25, 0.3) is 5.69 Å². The number of nitro benzene ring substituents is 1. The smallest absolute Gasteiger partial charge is 0.269 e. The van der Waals surface area contributed by atoms with Gasteiger partial charge in [0.2, 0.25) is 5.91 Å². The van der Waals surface area contributed by atoms with E-state index in [1.165, 1.54) is 25.1 Å². The number of nitrogens with one attached hydrogen (secondary N) is 1. The number of Topliss-reactive ketones (excluding diaryl/α,β-unsaturated/α-hetero) is 1. The van der Waals surface area contributed by atoms with Crippen LogP contribution in [0.2, 0.25) is 0 Å². The molecule has 1 aromatic rings.